The van der Waals surface area contributed by atoms with Crippen molar-refractivity contribution < 1.29 is 4.79 Å². The SMILES string of the molecule is CC(C)CC1CC(C(=O)NCC(C)c2ccccc2)NN1. The van der Waals surface area contributed by atoms with Crippen LogP contribution in [-0.2, 0) is 4.79 Å². The third kappa shape index (κ3) is 4.83. The Morgan fingerprint density at radius 1 is 1.24 bits per heavy atom. The van der Waals surface area contributed by atoms with Gasteiger partial charge < -0.3 is 5.32 Å². The molecule has 3 N–H and O–H groups in total. The van der Waals surface area contributed by atoms with E-state index in [0.29, 0.717) is 24.4 Å². The monoisotopic (exact) mass is 289 g/mol. The normalized spacial score (nSPS) is 23.2. The average Bonchev–Trinajstić information content (AvgIpc) is 2.93. The van der Waals surface area contributed by atoms with Gasteiger partial charge in [0.1, 0.15) is 6.04 Å². The van der Waals surface area contributed by atoms with Gasteiger partial charge in [-0.15, -0.1) is 0 Å². The first kappa shape index (κ1) is 16.0. The first-order chi connectivity index (χ1) is 10.1. The number of hydrogen-bond acceptors (Lipinski definition) is 3. The van der Waals surface area contributed by atoms with E-state index in [2.05, 4.69) is 49.1 Å². The quantitative estimate of drug-likeness (QED) is 0.752. The molecule has 4 heteroatoms. The molecule has 3 atom stereocenters. The number of carbonyl (C=O) groups excluding carboxylic acids is 1. The lowest BCUT2D eigenvalue weighted by Crippen LogP contribution is -2.44. The summed E-state index contributed by atoms with van der Waals surface area (Å²) in [4.78, 5) is 12.2. The van der Waals surface area contributed by atoms with Gasteiger partial charge in [-0.3, -0.25) is 10.2 Å². The second-order valence-corrected chi connectivity index (χ2v) is 6.46. The lowest BCUT2D eigenvalue weighted by molar-refractivity contribution is -0.122. The van der Waals surface area contributed by atoms with Crippen LogP contribution in [0.4, 0.5) is 0 Å². The van der Waals surface area contributed by atoms with E-state index in [1.54, 1.807) is 0 Å². The van der Waals surface area contributed by atoms with Gasteiger partial charge in [0.05, 0.1) is 0 Å². The minimum atomic E-state index is -0.114. The maximum atomic E-state index is 12.2. The first-order valence-electron chi connectivity index (χ1n) is 7.90. The Labute approximate surface area is 127 Å². The molecule has 0 bridgehead atoms. The van der Waals surface area contributed by atoms with Crippen molar-refractivity contribution in [2.75, 3.05) is 6.54 Å². The fourth-order valence-corrected chi connectivity index (χ4v) is 2.79. The van der Waals surface area contributed by atoms with Gasteiger partial charge in [0, 0.05) is 12.6 Å². The van der Waals surface area contributed by atoms with Gasteiger partial charge in [0.15, 0.2) is 0 Å². The highest BCUT2D eigenvalue weighted by atomic mass is 16.2. The number of amides is 1. The molecule has 116 valence electrons. The summed E-state index contributed by atoms with van der Waals surface area (Å²) >= 11 is 0. The third-order valence-corrected chi connectivity index (χ3v) is 4.01. The number of rotatable bonds is 6. The Morgan fingerprint density at radius 3 is 2.62 bits per heavy atom. The summed E-state index contributed by atoms with van der Waals surface area (Å²) in [7, 11) is 0. The van der Waals surface area contributed by atoms with E-state index in [1.807, 2.05) is 18.2 Å². The lowest BCUT2D eigenvalue weighted by Gasteiger charge is -2.15. The molecule has 4 nitrogen and oxygen atoms in total. The van der Waals surface area contributed by atoms with E-state index in [9.17, 15) is 4.79 Å². The van der Waals surface area contributed by atoms with Crippen LogP contribution in [0.2, 0.25) is 0 Å². The standard InChI is InChI=1S/C17H27N3O/c1-12(2)9-15-10-16(20-19-15)17(21)18-11-13(3)14-7-5-4-6-8-14/h4-8,12-13,15-16,19-20H,9-11H2,1-3H3,(H,18,21). The molecule has 0 radical (unpaired) electrons. The molecule has 1 saturated heterocycles. The molecule has 3 unspecified atom stereocenters. The van der Waals surface area contributed by atoms with Gasteiger partial charge in [0.2, 0.25) is 5.91 Å². The van der Waals surface area contributed by atoms with Crippen LogP contribution in [0.15, 0.2) is 30.3 Å². The predicted octanol–water partition coefficient (Wildman–Crippen LogP) is 2.19. The number of nitrogens with one attached hydrogen (secondary N) is 3. The van der Waals surface area contributed by atoms with Crippen LogP contribution in [0.25, 0.3) is 0 Å². The minimum absolute atomic E-state index is 0.0940. The lowest BCUT2D eigenvalue weighted by atomic mass is 9.99. The molecule has 0 aromatic heterocycles. The molecule has 1 aliphatic rings. The van der Waals surface area contributed by atoms with Gasteiger partial charge in [0.25, 0.3) is 0 Å². The molecule has 1 fully saturated rings. The van der Waals surface area contributed by atoms with Crippen molar-refractivity contribution in [2.45, 2.75) is 51.6 Å². The van der Waals surface area contributed by atoms with Gasteiger partial charge in [-0.2, -0.15) is 0 Å². The highest BCUT2D eigenvalue weighted by Crippen LogP contribution is 2.15. The predicted molar refractivity (Wildman–Crippen MR) is 85.8 cm³/mol. The molecule has 0 spiro atoms. The zero-order chi connectivity index (χ0) is 15.2. The van der Waals surface area contributed by atoms with Crippen LogP contribution in [0, 0.1) is 5.92 Å². The average molecular weight is 289 g/mol. The van der Waals surface area contributed by atoms with Crippen molar-refractivity contribution in [1.82, 2.24) is 16.2 Å². The molecule has 0 saturated carbocycles. The van der Waals surface area contributed by atoms with Crippen molar-refractivity contribution in [3.63, 3.8) is 0 Å². The van der Waals surface area contributed by atoms with Crippen molar-refractivity contribution in [3.05, 3.63) is 35.9 Å². The summed E-state index contributed by atoms with van der Waals surface area (Å²) in [6.07, 6.45) is 1.96. The van der Waals surface area contributed by atoms with E-state index >= 15 is 0 Å². The molecule has 1 aromatic rings. The van der Waals surface area contributed by atoms with E-state index in [4.69, 9.17) is 0 Å². The molecule has 2 rings (SSSR count). The Bertz CT molecular complexity index is 447. The number of hydrazine groups is 1. The Kier molecular flexibility index (Phi) is 5.76. The van der Waals surface area contributed by atoms with Crippen molar-refractivity contribution in [3.8, 4) is 0 Å². The molecule has 21 heavy (non-hydrogen) atoms. The van der Waals surface area contributed by atoms with Crippen molar-refractivity contribution in [1.29, 1.82) is 0 Å². The molecule has 1 amide bonds. The zero-order valence-electron chi connectivity index (χ0n) is 13.2. The molecular weight excluding hydrogens is 262 g/mol. The Balaban J connectivity index is 1.75. The highest BCUT2D eigenvalue weighted by molar-refractivity contribution is 5.82. The van der Waals surface area contributed by atoms with E-state index < -0.39 is 0 Å². The molecule has 1 heterocycles. The third-order valence-electron chi connectivity index (χ3n) is 4.01. The second-order valence-electron chi connectivity index (χ2n) is 6.46. The van der Waals surface area contributed by atoms with E-state index in [1.165, 1.54) is 5.56 Å². The fourth-order valence-electron chi connectivity index (χ4n) is 2.79. The molecule has 1 aliphatic heterocycles. The van der Waals surface area contributed by atoms with E-state index in [-0.39, 0.29) is 11.9 Å². The van der Waals surface area contributed by atoms with Crippen LogP contribution in [0.3, 0.4) is 0 Å². The summed E-state index contributed by atoms with van der Waals surface area (Å²) < 4.78 is 0. The highest BCUT2D eigenvalue weighted by Gasteiger charge is 2.29. The van der Waals surface area contributed by atoms with Crippen LogP contribution in [-0.4, -0.2) is 24.5 Å². The first-order valence-corrected chi connectivity index (χ1v) is 7.90. The maximum absolute atomic E-state index is 12.2. The van der Waals surface area contributed by atoms with Crippen LogP contribution in [0.5, 0.6) is 0 Å². The second kappa shape index (κ2) is 7.57. The number of carbonyl (C=O) groups is 1. The van der Waals surface area contributed by atoms with Gasteiger partial charge in [-0.25, -0.2) is 5.43 Å². The summed E-state index contributed by atoms with van der Waals surface area (Å²) in [5, 5.41) is 3.06. The Hall–Kier alpha value is -1.39. The summed E-state index contributed by atoms with van der Waals surface area (Å²) in [5.74, 6) is 1.07. The van der Waals surface area contributed by atoms with Crippen LogP contribution >= 0.6 is 0 Å². The number of hydrogen-bond donors (Lipinski definition) is 3. The smallest absolute Gasteiger partial charge is 0.238 e. The summed E-state index contributed by atoms with van der Waals surface area (Å²) in [6.45, 7) is 7.22. The maximum Gasteiger partial charge on any atom is 0.238 e. The van der Waals surface area contributed by atoms with Gasteiger partial charge in [-0.1, -0.05) is 51.1 Å². The molecule has 1 aromatic carbocycles. The van der Waals surface area contributed by atoms with Crippen LogP contribution < -0.4 is 16.2 Å². The van der Waals surface area contributed by atoms with Gasteiger partial charge in [-0.05, 0) is 30.2 Å². The fraction of sp³-hybridized carbons (Fsp3) is 0.588. The zero-order valence-corrected chi connectivity index (χ0v) is 13.2. The summed E-state index contributed by atoms with van der Waals surface area (Å²) in [6, 6.07) is 10.6. The Morgan fingerprint density at radius 2 is 1.95 bits per heavy atom. The van der Waals surface area contributed by atoms with Crippen LogP contribution in [0.1, 0.15) is 45.1 Å². The number of benzene rings is 1. The molecular formula is C17H27N3O. The van der Waals surface area contributed by atoms with Crippen molar-refractivity contribution in [2.24, 2.45) is 5.92 Å². The molecule has 0 aliphatic carbocycles. The van der Waals surface area contributed by atoms with E-state index in [0.717, 1.165) is 12.8 Å². The topological polar surface area (TPSA) is 53.2 Å². The largest absolute Gasteiger partial charge is 0.354 e. The van der Waals surface area contributed by atoms with Gasteiger partial charge >= 0.3 is 0 Å². The summed E-state index contributed by atoms with van der Waals surface area (Å²) in [5.41, 5.74) is 7.60. The van der Waals surface area contributed by atoms with Crippen molar-refractivity contribution >= 4 is 5.91 Å². The minimum Gasteiger partial charge on any atom is -0.354 e.